The Morgan fingerprint density at radius 3 is 2.57 bits per heavy atom. The molecule has 0 radical (unpaired) electrons. The van der Waals surface area contributed by atoms with Crippen molar-refractivity contribution in [3.05, 3.63) is 64.8 Å². The van der Waals surface area contributed by atoms with Crippen LogP contribution in [-0.2, 0) is 13.6 Å². The Morgan fingerprint density at radius 2 is 1.82 bits per heavy atom. The number of ketones is 1. The molecule has 0 atom stereocenters. The maximum Gasteiger partial charge on any atom is 0.183 e. The zero-order valence-electron chi connectivity index (χ0n) is 16.3. The standard InChI is InChI=1S/C23H26ClN3O/c1-26-21-5-3-2-4-20(21)23(25-26)22(28)11-8-17-12-14-27(15-13-17)16-18-6-9-19(24)10-7-18/h2-7,9-10,17H,8,11-16H2,1H3. The SMILES string of the molecule is Cn1nc(C(=O)CCC2CCN(Cc3ccc(Cl)cc3)CC2)c2ccccc21. The Bertz CT molecular complexity index is 956. The van der Waals surface area contributed by atoms with Gasteiger partial charge in [-0.15, -0.1) is 0 Å². The first kappa shape index (κ1) is 19.2. The van der Waals surface area contributed by atoms with E-state index in [1.165, 1.54) is 5.56 Å². The minimum Gasteiger partial charge on any atom is -0.299 e. The number of fused-ring (bicyclic) bond motifs is 1. The monoisotopic (exact) mass is 395 g/mol. The Labute approximate surface area is 171 Å². The van der Waals surface area contributed by atoms with E-state index in [-0.39, 0.29) is 5.78 Å². The Kier molecular flexibility index (Phi) is 5.79. The molecule has 28 heavy (non-hydrogen) atoms. The van der Waals surface area contributed by atoms with Gasteiger partial charge >= 0.3 is 0 Å². The van der Waals surface area contributed by atoms with Crippen LogP contribution in [0.2, 0.25) is 5.02 Å². The van der Waals surface area contributed by atoms with Crippen LogP contribution >= 0.6 is 11.6 Å². The van der Waals surface area contributed by atoms with Crippen LogP contribution < -0.4 is 0 Å². The fraction of sp³-hybridized carbons (Fsp3) is 0.391. The van der Waals surface area contributed by atoms with Crippen molar-refractivity contribution >= 4 is 28.3 Å². The van der Waals surface area contributed by atoms with Gasteiger partial charge in [0.2, 0.25) is 0 Å². The molecule has 4 nitrogen and oxygen atoms in total. The number of carbonyl (C=O) groups is 1. The summed E-state index contributed by atoms with van der Waals surface area (Å²) in [6, 6.07) is 16.1. The molecule has 5 heteroatoms. The molecule has 3 aromatic rings. The van der Waals surface area contributed by atoms with E-state index >= 15 is 0 Å². The van der Waals surface area contributed by atoms with Crippen LogP contribution in [0.1, 0.15) is 41.7 Å². The summed E-state index contributed by atoms with van der Waals surface area (Å²) in [5.41, 5.74) is 2.94. The molecular weight excluding hydrogens is 370 g/mol. The molecule has 4 rings (SSSR count). The lowest BCUT2D eigenvalue weighted by Gasteiger charge is -2.31. The minimum absolute atomic E-state index is 0.167. The second-order valence-corrected chi connectivity index (χ2v) is 8.23. The number of hydrogen-bond donors (Lipinski definition) is 0. The predicted molar refractivity (Wildman–Crippen MR) is 114 cm³/mol. The second kappa shape index (κ2) is 8.46. The number of nitrogens with zero attached hydrogens (tertiary/aromatic N) is 3. The maximum absolute atomic E-state index is 12.8. The van der Waals surface area contributed by atoms with E-state index in [2.05, 4.69) is 22.1 Å². The van der Waals surface area contributed by atoms with E-state index in [1.807, 2.05) is 43.4 Å². The van der Waals surface area contributed by atoms with Crippen molar-refractivity contribution < 1.29 is 4.79 Å². The lowest BCUT2D eigenvalue weighted by Crippen LogP contribution is -2.33. The number of piperidine rings is 1. The summed E-state index contributed by atoms with van der Waals surface area (Å²) in [4.78, 5) is 15.2. The fourth-order valence-electron chi connectivity index (χ4n) is 4.15. The zero-order valence-corrected chi connectivity index (χ0v) is 17.0. The smallest absolute Gasteiger partial charge is 0.183 e. The minimum atomic E-state index is 0.167. The van der Waals surface area contributed by atoms with Crippen molar-refractivity contribution in [2.24, 2.45) is 13.0 Å². The molecule has 1 fully saturated rings. The summed E-state index contributed by atoms with van der Waals surface area (Å²) in [5, 5.41) is 6.22. The summed E-state index contributed by atoms with van der Waals surface area (Å²) in [6.07, 6.45) is 3.86. The quantitative estimate of drug-likeness (QED) is 0.545. The molecule has 146 valence electrons. The highest BCUT2D eigenvalue weighted by Gasteiger charge is 2.22. The van der Waals surface area contributed by atoms with Crippen molar-refractivity contribution in [1.82, 2.24) is 14.7 Å². The van der Waals surface area contributed by atoms with Crippen LogP contribution in [0, 0.1) is 5.92 Å². The summed E-state index contributed by atoms with van der Waals surface area (Å²) < 4.78 is 1.80. The molecule has 2 heterocycles. The Morgan fingerprint density at radius 1 is 1.11 bits per heavy atom. The van der Waals surface area contributed by atoms with Crippen LogP contribution in [0.3, 0.4) is 0 Å². The van der Waals surface area contributed by atoms with Crippen molar-refractivity contribution in [3.8, 4) is 0 Å². The summed E-state index contributed by atoms with van der Waals surface area (Å²) >= 11 is 5.96. The molecule has 1 aliphatic rings. The summed E-state index contributed by atoms with van der Waals surface area (Å²) in [5.74, 6) is 0.792. The maximum atomic E-state index is 12.8. The second-order valence-electron chi connectivity index (χ2n) is 7.80. The van der Waals surface area contributed by atoms with Gasteiger partial charge in [0.25, 0.3) is 0 Å². The first-order valence-electron chi connectivity index (χ1n) is 10.0. The number of aryl methyl sites for hydroxylation is 1. The first-order chi connectivity index (χ1) is 13.6. The van der Waals surface area contributed by atoms with E-state index in [0.717, 1.165) is 54.8 Å². The van der Waals surface area contributed by atoms with Crippen molar-refractivity contribution in [1.29, 1.82) is 0 Å². The van der Waals surface area contributed by atoms with Gasteiger partial charge in [-0.25, -0.2) is 0 Å². The third kappa shape index (κ3) is 4.29. The molecule has 0 spiro atoms. The lowest BCUT2D eigenvalue weighted by atomic mass is 9.90. The van der Waals surface area contributed by atoms with Gasteiger partial charge in [0.1, 0.15) is 5.69 Å². The number of halogens is 1. The number of benzene rings is 2. The normalized spacial score (nSPS) is 15.9. The average Bonchev–Trinajstić information content (AvgIpc) is 3.06. The van der Waals surface area contributed by atoms with E-state index in [4.69, 9.17) is 11.6 Å². The number of para-hydroxylation sites is 1. The summed E-state index contributed by atoms with van der Waals surface area (Å²) in [7, 11) is 1.90. The third-order valence-electron chi connectivity index (χ3n) is 5.83. The molecule has 1 saturated heterocycles. The van der Waals surface area contributed by atoms with Gasteiger partial charge in [-0.1, -0.05) is 41.9 Å². The number of Topliss-reactive ketones (excluding diaryl/α,β-unsaturated/α-hetero) is 1. The molecule has 0 unspecified atom stereocenters. The predicted octanol–water partition coefficient (Wildman–Crippen LogP) is 5.10. The van der Waals surface area contributed by atoms with Gasteiger partial charge in [0.05, 0.1) is 5.52 Å². The van der Waals surface area contributed by atoms with Crippen molar-refractivity contribution in [2.45, 2.75) is 32.2 Å². The van der Waals surface area contributed by atoms with Gasteiger partial charge < -0.3 is 0 Å². The van der Waals surface area contributed by atoms with Gasteiger partial charge in [0.15, 0.2) is 5.78 Å². The van der Waals surface area contributed by atoms with E-state index in [9.17, 15) is 4.79 Å². The van der Waals surface area contributed by atoms with Crippen LogP contribution in [0.4, 0.5) is 0 Å². The van der Waals surface area contributed by atoms with Crippen LogP contribution in [0.25, 0.3) is 10.9 Å². The van der Waals surface area contributed by atoms with Gasteiger partial charge in [0, 0.05) is 30.4 Å². The van der Waals surface area contributed by atoms with Crippen LogP contribution in [0.15, 0.2) is 48.5 Å². The number of rotatable bonds is 6. The van der Waals surface area contributed by atoms with Crippen molar-refractivity contribution in [2.75, 3.05) is 13.1 Å². The van der Waals surface area contributed by atoms with Crippen LogP contribution in [-0.4, -0.2) is 33.6 Å². The molecule has 0 amide bonds. The molecule has 0 saturated carbocycles. The lowest BCUT2D eigenvalue weighted by molar-refractivity contribution is 0.0957. The first-order valence-corrected chi connectivity index (χ1v) is 10.4. The summed E-state index contributed by atoms with van der Waals surface area (Å²) in [6.45, 7) is 3.16. The topological polar surface area (TPSA) is 38.1 Å². The molecule has 1 aromatic heterocycles. The molecule has 0 N–H and O–H groups in total. The average molecular weight is 396 g/mol. The number of aromatic nitrogens is 2. The molecule has 0 aliphatic carbocycles. The van der Waals surface area contributed by atoms with E-state index < -0.39 is 0 Å². The molecular formula is C23H26ClN3O. The van der Waals surface area contributed by atoms with Gasteiger partial charge in [-0.2, -0.15) is 5.10 Å². The Hall–Kier alpha value is -2.17. The molecule has 0 bridgehead atoms. The highest BCUT2D eigenvalue weighted by atomic mass is 35.5. The highest BCUT2D eigenvalue weighted by Crippen LogP contribution is 2.25. The van der Waals surface area contributed by atoms with Gasteiger partial charge in [-0.05, 0) is 62.0 Å². The van der Waals surface area contributed by atoms with Crippen molar-refractivity contribution in [3.63, 3.8) is 0 Å². The van der Waals surface area contributed by atoms with E-state index in [0.29, 0.717) is 18.0 Å². The molecule has 1 aliphatic heterocycles. The Balaban J connectivity index is 1.28. The largest absolute Gasteiger partial charge is 0.299 e. The molecule has 2 aromatic carbocycles. The zero-order chi connectivity index (χ0) is 19.5. The number of carbonyl (C=O) groups excluding carboxylic acids is 1. The fourth-order valence-corrected chi connectivity index (χ4v) is 4.28. The van der Waals surface area contributed by atoms with Crippen LogP contribution in [0.5, 0.6) is 0 Å². The third-order valence-corrected chi connectivity index (χ3v) is 6.08. The van der Waals surface area contributed by atoms with Gasteiger partial charge in [-0.3, -0.25) is 14.4 Å². The number of likely N-dealkylation sites (tertiary alicyclic amines) is 1. The number of hydrogen-bond acceptors (Lipinski definition) is 3. The highest BCUT2D eigenvalue weighted by molar-refractivity contribution is 6.30. The van der Waals surface area contributed by atoms with E-state index in [1.54, 1.807) is 4.68 Å².